The quantitative estimate of drug-likeness (QED) is 0.826. The molecule has 1 N–H and O–H groups in total. The Bertz CT molecular complexity index is 291. The second kappa shape index (κ2) is 5.55. The van der Waals surface area contributed by atoms with Crippen LogP contribution in [-0.4, -0.2) is 54.1 Å². The van der Waals surface area contributed by atoms with Crippen LogP contribution in [0.1, 0.15) is 39.0 Å². The third-order valence-corrected chi connectivity index (χ3v) is 4.27. The molecule has 0 amide bonds. The Balaban J connectivity index is 1.90. The molecule has 2 fully saturated rings. The van der Waals surface area contributed by atoms with Crippen LogP contribution in [-0.2, 0) is 14.3 Å². The van der Waals surface area contributed by atoms with Gasteiger partial charge in [-0.25, -0.2) is 0 Å². The first-order chi connectivity index (χ1) is 8.58. The Labute approximate surface area is 108 Å². The monoisotopic (exact) mass is 257 g/mol. The van der Waals surface area contributed by atoms with Gasteiger partial charge in [0, 0.05) is 18.9 Å². The van der Waals surface area contributed by atoms with Gasteiger partial charge in [-0.05, 0) is 26.3 Å². The molecule has 1 heterocycles. The van der Waals surface area contributed by atoms with Crippen molar-refractivity contribution in [2.45, 2.75) is 56.9 Å². The predicted molar refractivity (Wildman–Crippen MR) is 66.4 cm³/mol. The topological polar surface area (TPSA) is 59.0 Å². The number of carbonyl (C=O) groups is 1. The highest BCUT2D eigenvalue weighted by Gasteiger charge is 2.42. The van der Waals surface area contributed by atoms with Gasteiger partial charge in [-0.3, -0.25) is 9.69 Å². The molecule has 1 saturated heterocycles. The van der Waals surface area contributed by atoms with E-state index in [0.717, 1.165) is 25.7 Å². The number of carboxylic acid groups (broad SMARTS) is 1. The van der Waals surface area contributed by atoms with Gasteiger partial charge in [0.1, 0.15) is 6.04 Å². The fourth-order valence-electron chi connectivity index (χ4n) is 3.13. The van der Waals surface area contributed by atoms with Crippen molar-refractivity contribution in [3.63, 3.8) is 0 Å². The van der Waals surface area contributed by atoms with Crippen molar-refractivity contribution in [3.05, 3.63) is 0 Å². The summed E-state index contributed by atoms with van der Waals surface area (Å²) in [5.41, 5.74) is 0. The molecular weight excluding hydrogens is 234 g/mol. The number of rotatable bonds is 4. The smallest absolute Gasteiger partial charge is 0.320 e. The molecule has 0 aromatic heterocycles. The van der Waals surface area contributed by atoms with Crippen molar-refractivity contribution in [2.75, 3.05) is 20.3 Å². The summed E-state index contributed by atoms with van der Waals surface area (Å²) in [6.07, 6.45) is 4.27. The minimum absolute atomic E-state index is 0.324. The highest BCUT2D eigenvalue weighted by atomic mass is 16.7. The normalized spacial score (nSPS) is 25.7. The fourth-order valence-corrected chi connectivity index (χ4v) is 3.13. The average molecular weight is 257 g/mol. The number of hydrogen-bond acceptors (Lipinski definition) is 4. The Hall–Kier alpha value is -0.650. The van der Waals surface area contributed by atoms with Gasteiger partial charge in [-0.15, -0.1) is 0 Å². The Morgan fingerprint density at radius 3 is 2.39 bits per heavy atom. The highest BCUT2D eigenvalue weighted by Crippen LogP contribution is 2.37. The van der Waals surface area contributed by atoms with Gasteiger partial charge in [0.15, 0.2) is 5.79 Å². The molecule has 2 rings (SSSR count). The SMILES string of the molecule is CCC(C(=O)O)N(C)C1CCC2(CC1)OCCO2. The molecule has 2 aliphatic rings. The third-order valence-electron chi connectivity index (χ3n) is 4.27. The maximum atomic E-state index is 11.2. The van der Waals surface area contributed by atoms with E-state index >= 15 is 0 Å². The number of ether oxygens (including phenoxy) is 2. The zero-order valence-electron chi connectivity index (χ0n) is 11.2. The van der Waals surface area contributed by atoms with E-state index in [1.54, 1.807) is 0 Å². The van der Waals surface area contributed by atoms with Crippen LogP contribution in [0.4, 0.5) is 0 Å². The van der Waals surface area contributed by atoms with Crippen LogP contribution < -0.4 is 0 Å². The lowest BCUT2D eigenvalue weighted by Crippen LogP contribution is -2.48. The van der Waals surface area contributed by atoms with Crippen LogP contribution in [0.15, 0.2) is 0 Å². The molecule has 18 heavy (non-hydrogen) atoms. The van der Waals surface area contributed by atoms with Gasteiger partial charge in [0.05, 0.1) is 13.2 Å². The average Bonchev–Trinajstić information content (AvgIpc) is 2.79. The molecule has 5 heteroatoms. The summed E-state index contributed by atoms with van der Waals surface area (Å²) in [5, 5.41) is 9.19. The van der Waals surface area contributed by atoms with Crippen LogP contribution in [0, 0.1) is 0 Å². The second-order valence-electron chi connectivity index (χ2n) is 5.27. The minimum Gasteiger partial charge on any atom is -0.480 e. The summed E-state index contributed by atoms with van der Waals surface area (Å²) < 4.78 is 11.4. The van der Waals surface area contributed by atoms with E-state index in [-0.39, 0.29) is 11.8 Å². The highest BCUT2D eigenvalue weighted by molar-refractivity contribution is 5.73. The summed E-state index contributed by atoms with van der Waals surface area (Å²) in [6, 6.07) is -0.0565. The van der Waals surface area contributed by atoms with Crippen molar-refractivity contribution >= 4 is 5.97 Å². The van der Waals surface area contributed by atoms with Crippen molar-refractivity contribution in [2.24, 2.45) is 0 Å². The molecule has 5 nitrogen and oxygen atoms in total. The van der Waals surface area contributed by atoms with Gasteiger partial charge in [-0.2, -0.15) is 0 Å². The summed E-state index contributed by atoms with van der Waals surface area (Å²) in [4.78, 5) is 13.2. The summed E-state index contributed by atoms with van der Waals surface area (Å²) in [6.45, 7) is 3.29. The van der Waals surface area contributed by atoms with Crippen molar-refractivity contribution in [3.8, 4) is 0 Å². The summed E-state index contributed by atoms with van der Waals surface area (Å²) >= 11 is 0. The molecule has 1 unspecified atom stereocenters. The number of nitrogens with zero attached hydrogens (tertiary/aromatic N) is 1. The molecule has 1 atom stereocenters. The van der Waals surface area contributed by atoms with Gasteiger partial charge in [0.2, 0.25) is 0 Å². The summed E-state index contributed by atoms with van der Waals surface area (Å²) in [7, 11) is 1.92. The molecule has 1 saturated carbocycles. The first-order valence-corrected chi connectivity index (χ1v) is 6.80. The number of likely N-dealkylation sites (N-methyl/N-ethyl adjacent to an activating group) is 1. The first-order valence-electron chi connectivity index (χ1n) is 6.80. The molecule has 1 aliphatic heterocycles. The van der Waals surface area contributed by atoms with Gasteiger partial charge < -0.3 is 14.6 Å². The van der Waals surface area contributed by atoms with E-state index in [4.69, 9.17) is 9.47 Å². The van der Waals surface area contributed by atoms with Gasteiger partial charge >= 0.3 is 5.97 Å². The minimum atomic E-state index is -0.728. The van der Waals surface area contributed by atoms with Crippen LogP contribution in [0.25, 0.3) is 0 Å². The van der Waals surface area contributed by atoms with Crippen molar-refractivity contribution in [1.82, 2.24) is 4.90 Å². The Kier molecular flexibility index (Phi) is 4.25. The van der Waals surface area contributed by atoms with E-state index in [1.165, 1.54) is 0 Å². The summed E-state index contributed by atoms with van der Waals surface area (Å²) in [5.74, 6) is -1.09. The zero-order chi connectivity index (χ0) is 13.2. The number of aliphatic carboxylic acids is 1. The largest absolute Gasteiger partial charge is 0.480 e. The molecule has 0 aromatic rings. The molecule has 0 aromatic carbocycles. The molecule has 1 spiro atoms. The van der Waals surface area contributed by atoms with E-state index < -0.39 is 5.97 Å². The van der Waals surface area contributed by atoms with Crippen LogP contribution in [0.2, 0.25) is 0 Å². The number of hydrogen-bond donors (Lipinski definition) is 1. The second-order valence-corrected chi connectivity index (χ2v) is 5.27. The molecule has 1 aliphatic carbocycles. The lowest BCUT2D eigenvalue weighted by Gasteiger charge is -2.40. The molecular formula is C13H23NO4. The third kappa shape index (κ3) is 2.68. The molecule has 0 bridgehead atoms. The van der Waals surface area contributed by atoms with Crippen molar-refractivity contribution in [1.29, 1.82) is 0 Å². The van der Waals surface area contributed by atoms with E-state index in [1.807, 2.05) is 18.9 Å². The maximum Gasteiger partial charge on any atom is 0.320 e. The van der Waals surface area contributed by atoms with E-state index in [2.05, 4.69) is 0 Å². The van der Waals surface area contributed by atoms with Crippen molar-refractivity contribution < 1.29 is 19.4 Å². The van der Waals surface area contributed by atoms with Gasteiger partial charge in [-0.1, -0.05) is 6.92 Å². The predicted octanol–water partition coefficient (Wildman–Crippen LogP) is 1.47. The maximum absolute atomic E-state index is 11.2. The molecule has 104 valence electrons. The van der Waals surface area contributed by atoms with Crippen LogP contribution in [0.3, 0.4) is 0 Å². The fraction of sp³-hybridized carbons (Fsp3) is 0.923. The lowest BCUT2D eigenvalue weighted by molar-refractivity contribution is -0.185. The van der Waals surface area contributed by atoms with Gasteiger partial charge in [0.25, 0.3) is 0 Å². The lowest BCUT2D eigenvalue weighted by atomic mass is 9.88. The van der Waals surface area contributed by atoms with Crippen LogP contribution >= 0.6 is 0 Å². The zero-order valence-corrected chi connectivity index (χ0v) is 11.2. The van der Waals surface area contributed by atoms with Crippen LogP contribution in [0.5, 0.6) is 0 Å². The van der Waals surface area contributed by atoms with E-state index in [9.17, 15) is 9.90 Å². The Morgan fingerprint density at radius 1 is 1.39 bits per heavy atom. The number of carboxylic acids is 1. The first kappa shape index (κ1) is 13.8. The van der Waals surface area contributed by atoms with E-state index in [0.29, 0.717) is 25.7 Å². The molecule has 0 radical (unpaired) electrons. The standard InChI is InChI=1S/C13H23NO4/c1-3-11(12(15)16)14(2)10-4-6-13(7-5-10)17-8-9-18-13/h10-11H,3-9H2,1-2H3,(H,15,16). The Morgan fingerprint density at radius 2 is 1.94 bits per heavy atom.